The number of nitrogens with zero attached hydrogens (tertiary/aromatic N) is 3. The molecule has 5 nitrogen and oxygen atoms in total. The Labute approximate surface area is 179 Å². The van der Waals surface area contributed by atoms with E-state index in [0.717, 1.165) is 41.1 Å². The fraction of sp³-hybridized carbons (Fsp3) is 0.409. The Morgan fingerprint density at radius 2 is 2.17 bits per heavy atom. The van der Waals surface area contributed by atoms with E-state index < -0.39 is 0 Å². The average molecular weight is 427 g/mol. The quantitative estimate of drug-likeness (QED) is 0.551. The molecule has 1 amide bonds. The molecular weight excluding hydrogens is 400 g/mol. The number of thiophene rings is 1. The second-order valence-corrected chi connectivity index (χ2v) is 9.51. The molecule has 0 saturated heterocycles. The normalized spacial score (nSPS) is 15.9. The molecule has 7 heteroatoms. The number of aromatic nitrogens is 3. The van der Waals surface area contributed by atoms with Gasteiger partial charge in [-0.2, -0.15) is 0 Å². The number of thioether (sulfide) groups is 1. The van der Waals surface area contributed by atoms with E-state index in [1.807, 2.05) is 42.5 Å². The van der Waals surface area contributed by atoms with Crippen molar-refractivity contribution in [2.75, 3.05) is 11.1 Å². The first kappa shape index (κ1) is 20.2. The van der Waals surface area contributed by atoms with Crippen LogP contribution >= 0.6 is 23.1 Å². The van der Waals surface area contributed by atoms with Gasteiger partial charge in [-0.05, 0) is 56.2 Å². The molecular formula is C22H26N4OS2. The van der Waals surface area contributed by atoms with Crippen molar-refractivity contribution < 1.29 is 4.79 Å². The molecule has 0 radical (unpaired) electrons. The number of nitrogens with one attached hydrogen (secondary N) is 1. The molecule has 152 valence electrons. The molecule has 29 heavy (non-hydrogen) atoms. The summed E-state index contributed by atoms with van der Waals surface area (Å²) < 4.78 is 2.13. The Hall–Kier alpha value is -2.12. The highest BCUT2D eigenvalue weighted by atomic mass is 32.2. The predicted molar refractivity (Wildman–Crippen MR) is 121 cm³/mol. The zero-order chi connectivity index (χ0) is 20.4. The van der Waals surface area contributed by atoms with E-state index in [2.05, 4.69) is 39.3 Å². The van der Waals surface area contributed by atoms with Crippen LogP contribution in [0, 0.1) is 12.8 Å². The summed E-state index contributed by atoms with van der Waals surface area (Å²) in [5.74, 6) is 1.97. The van der Waals surface area contributed by atoms with Crippen molar-refractivity contribution in [2.24, 2.45) is 5.92 Å². The van der Waals surface area contributed by atoms with Crippen LogP contribution < -0.4 is 5.32 Å². The first-order valence-electron chi connectivity index (χ1n) is 10.1. The number of rotatable bonds is 6. The SMILES string of the molecule is CCn1c(SCC(=O)Nc2ccccc2C)nnc1-c1csc2c1CCC(C)C2. The van der Waals surface area contributed by atoms with Crippen LogP contribution in [0.4, 0.5) is 5.69 Å². The molecule has 3 aromatic rings. The van der Waals surface area contributed by atoms with Crippen LogP contribution in [0.2, 0.25) is 0 Å². The Balaban J connectivity index is 1.48. The lowest BCUT2D eigenvalue weighted by Gasteiger charge is -2.19. The number of benzene rings is 1. The minimum atomic E-state index is -0.0293. The molecule has 2 aromatic heterocycles. The maximum absolute atomic E-state index is 12.4. The van der Waals surface area contributed by atoms with E-state index in [1.165, 1.54) is 40.6 Å². The summed E-state index contributed by atoms with van der Waals surface area (Å²) in [6.07, 6.45) is 3.52. The van der Waals surface area contributed by atoms with Gasteiger partial charge >= 0.3 is 0 Å². The summed E-state index contributed by atoms with van der Waals surface area (Å²) in [6, 6.07) is 7.81. The van der Waals surface area contributed by atoms with E-state index in [1.54, 1.807) is 0 Å². The van der Waals surface area contributed by atoms with Gasteiger partial charge in [0, 0.05) is 28.1 Å². The fourth-order valence-corrected chi connectivity index (χ4v) is 5.82. The molecule has 1 aliphatic carbocycles. The van der Waals surface area contributed by atoms with Crippen molar-refractivity contribution in [3.63, 3.8) is 0 Å². The fourth-order valence-electron chi connectivity index (χ4n) is 3.77. The van der Waals surface area contributed by atoms with Gasteiger partial charge in [0.05, 0.1) is 5.75 Å². The van der Waals surface area contributed by atoms with Crippen molar-refractivity contribution in [1.82, 2.24) is 14.8 Å². The summed E-state index contributed by atoms with van der Waals surface area (Å²) >= 11 is 3.29. The average Bonchev–Trinajstić information content (AvgIpc) is 3.30. The number of aryl methyl sites for hydroxylation is 1. The Morgan fingerprint density at radius 3 is 2.97 bits per heavy atom. The third-order valence-electron chi connectivity index (χ3n) is 5.43. The number of hydrogen-bond donors (Lipinski definition) is 1. The molecule has 1 aromatic carbocycles. The highest BCUT2D eigenvalue weighted by molar-refractivity contribution is 7.99. The molecule has 1 N–H and O–H groups in total. The number of carbonyl (C=O) groups is 1. The van der Waals surface area contributed by atoms with Gasteiger partial charge < -0.3 is 9.88 Å². The highest BCUT2D eigenvalue weighted by Crippen LogP contribution is 2.38. The van der Waals surface area contributed by atoms with Crippen LogP contribution in [0.15, 0.2) is 34.8 Å². The molecule has 0 saturated carbocycles. The predicted octanol–water partition coefficient (Wildman–Crippen LogP) is 5.19. The Bertz CT molecular complexity index is 1020. The first-order chi connectivity index (χ1) is 14.1. The molecule has 1 atom stereocenters. The third-order valence-corrected chi connectivity index (χ3v) is 7.45. The van der Waals surface area contributed by atoms with Crippen molar-refractivity contribution in [3.05, 3.63) is 45.6 Å². The van der Waals surface area contributed by atoms with Crippen molar-refractivity contribution in [1.29, 1.82) is 0 Å². The maximum atomic E-state index is 12.4. The summed E-state index contributed by atoms with van der Waals surface area (Å²) in [5, 5.41) is 14.9. The zero-order valence-corrected chi connectivity index (χ0v) is 18.7. The van der Waals surface area contributed by atoms with E-state index in [-0.39, 0.29) is 5.91 Å². The van der Waals surface area contributed by atoms with Crippen molar-refractivity contribution >= 4 is 34.7 Å². The summed E-state index contributed by atoms with van der Waals surface area (Å²) in [6.45, 7) is 7.20. The smallest absolute Gasteiger partial charge is 0.234 e. The molecule has 4 rings (SSSR count). The highest BCUT2D eigenvalue weighted by Gasteiger charge is 2.24. The van der Waals surface area contributed by atoms with Gasteiger partial charge in [0.15, 0.2) is 11.0 Å². The Morgan fingerprint density at radius 1 is 1.34 bits per heavy atom. The van der Waals surface area contributed by atoms with E-state index in [4.69, 9.17) is 0 Å². The summed E-state index contributed by atoms with van der Waals surface area (Å²) in [7, 11) is 0. The summed E-state index contributed by atoms with van der Waals surface area (Å²) in [5.41, 5.74) is 4.59. The largest absolute Gasteiger partial charge is 0.325 e. The number of para-hydroxylation sites is 1. The Kier molecular flexibility index (Phi) is 6.06. The van der Waals surface area contributed by atoms with Crippen LogP contribution in [0.25, 0.3) is 11.4 Å². The van der Waals surface area contributed by atoms with E-state index in [9.17, 15) is 4.79 Å². The minimum absolute atomic E-state index is 0.0293. The number of carbonyl (C=O) groups excluding carboxylic acids is 1. The molecule has 1 unspecified atom stereocenters. The van der Waals surface area contributed by atoms with Gasteiger partial charge in [-0.3, -0.25) is 4.79 Å². The lowest BCUT2D eigenvalue weighted by Crippen LogP contribution is -2.15. The monoisotopic (exact) mass is 426 g/mol. The number of anilines is 1. The molecule has 2 heterocycles. The first-order valence-corrected chi connectivity index (χ1v) is 11.9. The zero-order valence-electron chi connectivity index (χ0n) is 17.1. The standard InChI is InChI=1S/C22H26N4OS2/c1-4-26-21(17-12-28-19-11-14(2)9-10-16(17)19)24-25-22(26)29-13-20(27)23-18-8-6-5-7-15(18)3/h5-8,12,14H,4,9-11,13H2,1-3H3,(H,23,27). The molecule has 0 aliphatic heterocycles. The lowest BCUT2D eigenvalue weighted by molar-refractivity contribution is -0.113. The molecule has 0 fully saturated rings. The number of hydrogen-bond acceptors (Lipinski definition) is 5. The van der Waals surface area contributed by atoms with E-state index >= 15 is 0 Å². The van der Waals surface area contributed by atoms with Crippen molar-refractivity contribution in [3.8, 4) is 11.4 Å². The van der Waals surface area contributed by atoms with Crippen LogP contribution in [0.5, 0.6) is 0 Å². The van der Waals surface area contributed by atoms with Gasteiger partial charge in [-0.15, -0.1) is 21.5 Å². The van der Waals surface area contributed by atoms with Crippen LogP contribution in [-0.4, -0.2) is 26.4 Å². The van der Waals surface area contributed by atoms with Gasteiger partial charge in [0.2, 0.25) is 5.91 Å². The second kappa shape index (κ2) is 8.71. The van der Waals surface area contributed by atoms with Gasteiger partial charge in [-0.25, -0.2) is 0 Å². The molecule has 0 bridgehead atoms. The van der Waals surface area contributed by atoms with Crippen LogP contribution in [0.3, 0.4) is 0 Å². The van der Waals surface area contributed by atoms with Gasteiger partial charge in [-0.1, -0.05) is 36.9 Å². The minimum Gasteiger partial charge on any atom is -0.325 e. The van der Waals surface area contributed by atoms with Crippen LogP contribution in [-0.2, 0) is 24.2 Å². The topological polar surface area (TPSA) is 59.8 Å². The maximum Gasteiger partial charge on any atom is 0.234 e. The molecule has 1 aliphatic rings. The third kappa shape index (κ3) is 4.26. The van der Waals surface area contributed by atoms with E-state index in [0.29, 0.717) is 5.75 Å². The second-order valence-electron chi connectivity index (χ2n) is 7.60. The van der Waals surface area contributed by atoms with Crippen LogP contribution in [0.1, 0.15) is 36.3 Å². The molecule has 0 spiro atoms. The summed E-state index contributed by atoms with van der Waals surface area (Å²) in [4.78, 5) is 13.9. The van der Waals surface area contributed by atoms with Crippen molar-refractivity contribution in [2.45, 2.75) is 51.7 Å². The lowest BCUT2D eigenvalue weighted by atomic mass is 9.88. The number of amides is 1. The van der Waals surface area contributed by atoms with Gasteiger partial charge in [0.1, 0.15) is 0 Å². The number of fused-ring (bicyclic) bond motifs is 1. The van der Waals surface area contributed by atoms with Gasteiger partial charge in [0.25, 0.3) is 0 Å².